The van der Waals surface area contributed by atoms with Gasteiger partial charge in [-0.2, -0.15) is 0 Å². The van der Waals surface area contributed by atoms with E-state index in [-0.39, 0.29) is 12.4 Å². The topological polar surface area (TPSA) is 66.8 Å². The maximum absolute atomic E-state index is 11.8. The average molecular weight is 299 g/mol. The van der Waals surface area contributed by atoms with Crippen molar-refractivity contribution in [2.75, 3.05) is 25.1 Å². The van der Waals surface area contributed by atoms with Crippen LogP contribution in [-0.4, -0.2) is 37.2 Å². The van der Waals surface area contributed by atoms with Gasteiger partial charge in [-0.3, -0.25) is 4.79 Å². The lowest BCUT2D eigenvalue weighted by molar-refractivity contribution is -0.136. The number of carboxylic acids is 1. The summed E-state index contributed by atoms with van der Waals surface area (Å²) in [5.41, 5.74) is 0.525. The second-order valence-electron chi connectivity index (χ2n) is 4.55. The first-order valence-electron chi connectivity index (χ1n) is 6.65. The number of rotatable bonds is 8. The predicted octanol–water partition coefficient (Wildman–Crippen LogP) is 2.92. The van der Waals surface area contributed by atoms with Gasteiger partial charge >= 0.3 is 11.9 Å². The summed E-state index contributed by atoms with van der Waals surface area (Å²) in [6.45, 7) is 5.15. The van der Waals surface area contributed by atoms with Crippen molar-refractivity contribution in [3.63, 3.8) is 0 Å². The van der Waals surface area contributed by atoms with Crippen LogP contribution in [0.3, 0.4) is 0 Å². The van der Waals surface area contributed by atoms with Crippen LogP contribution < -0.4 is 4.90 Å². The van der Waals surface area contributed by atoms with E-state index in [1.165, 1.54) is 18.4 Å². The molecule has 0 saturated carbocycles. The third-order valence-electron chi connectivity index (χ3n) is 2.91. The van der Waals surface area contributed by atoms with E-state index in [0.29, 0.717) is 12.1 Å². The third-order valence-corrected chi connectivity index (χ3v) is 4.02. The van der Waals surface area contributed by atoms with Gasteiger partial charge in [-0.1, -0.05) is 13.3 Å². The number of unbranched alkanes of at least 4 members (excludes halogenated alkanes) is 1. The van der Waals surface area contributed by atoms with E-state index < -0.39 is 5.97 Å². The Balaban J connectivity index is 2.98. The van der Waals surface area contributed by atoms with Crippen LogP contribution in [0.2, 0.25) is 0 Å². The van der Waals surface area contributed by atoms with Crippen molar-refractivity contribution in [2.24, 2.45) is 0 Å². The third kappa shape index (κ3) is 4.52. The first kappa shape index (κ1) is 16.5. The summed E-state index contributed by atoms with van der Waals surface area (Å²) < 4.78 is 4.80. The van der Waals surface area contributed by atoms with Crippen molar-refractivity contribution < 1.29 is 19.4 Å². The fourth-order valence-corrected chi connectivity index (χ4v) is 2.93. The van der Waals surface area contributed by atoms with Gasteiger partial charge in [0.05, 0.1) is 19.1 Å². The lowest BCUT2D eigenvalue weighted by Crippen LogP contribution is -2.28. The summed E-state index contributed by atoms with van der Waals surface area (Å²) in [5, 5.41) is 9.66. The van der Waals surface area contributed by atoms with Crippen molar-refractivity contribution in [1.29, 1.82) is 0 Å². The fraction of sp³-hybridized carbons (Fsp3) is 0.571. The molecule has 0 bridgehead atoms. The number of esters is 1. The second-order valence-corrected chi connectivity index (χ2v) is 5.79. The summed E-state index contributed by atoms with van der Waals surface area (Å²) in [6, 6.07) is 1.80. The summed E-state index contributed by atoms with van der Waals surface area (Å²) in [5.74, 6) is -1.21. The average Bonchev–Trinajstić information content (AvgIpc) is 2.79. The first-order chi connectivity index (χ1) is 9.49. The summed E-state index contributed by atoms with van der Waals surface area (Å²) in [6.07, 6.45) is 2.03. The maximum Gasteiger partial charge on any atom is 0.340 e. The molecule has 0 saturated heterocycles. The molecule has 1 rings (SSSR count). The quantitative estimate of drug-likeness (QED) is 0.748. The highest BCUT2D eigenvalue weighted by molar-refractivity contribution is 7.16. The smallest absolute Gasteiger partial charge is 0.340 e. The number of aliphatic carboxylic acids is 1. The van der Waals surface area contributed by atoms with E-state index in [1.807, 2.05) is 11.8 Å². The van der Waals surface area contributed by atoms with Crippen molar-refractivity contribution in [3.8, 4) is 0 Å². The number of thiophene rings is 1. The van der Waals surface area contributed by atoms with E-state index in [0.717, 1.165) is 29.3 Å². The molecule has 0 aliphatic rings. The summed E-state index contributed by atoms with van der Waals surface area (Å²) in [7, 11) is 1.35. The minimum Gasteiger partial charge on any atom is -0.481 e. The number of hydrogen-bond acceptors (Lipinski definition) is 5. The molecule has 0 amide bonds. The Morgan fingerprint density at radius 1 is 1.40 bits per heavy atom. The van der Waals surface area contributed by atoms with Gasteiger partial charge in [0, 0.05) is 18.0 Å². The molecule has 20 heavy (non-hydrogen) atoms. The SMILES string of the molecule is CCCCN(CCC(=O)O)c1sc(C)cc1C(=O)OC. The molecule has 0 aliphatic carbocycles. The number of carbonyl (C=O) groups excluding carboxylic acids is 1. The van der Waals surface area contributed by atoms with Crippen molar-refractivity contribution in [1.82, 2.24) is 0 Å². The van der Waals surface area contributed by atoms with E-state index in [1.54, 1.807) is 6.07 Å². The fourth-order valence-electron chi connectivity index (χ4n) is 1.89. The Morgan fingerprint density at radius 2 is 2.10 bits per heavy atom. The van der Waals surface area contributed by atoms with E-state index >= 15 is 0 Å². The number of hydrogen-bond donors (Lipinski definition) is 1. The monoisotopic (exact) mass is 299 g/mol. The van der Waals surface area contributed by atoms with Gasteiger partial charge < -0.3 is 14.7 Å². The lowest BCUT2D eigenvalue weighted by atomic mass is 10.2. The summed E-state index contributed by atoms with van der Waals surface area (Å²) >= 11 is 1.50. The molecular weight excluding hydrogens is 278 g/mol. The lowest BCUT2D eigenvalue weighted by Gasteiger charge is -2.23. The number of methoxy groups -OCH3 is 1. The number of carboxylic acid groups (broad SMARTS) is 1. The number of aryl methyl sites for hydroxylation is 1. The zero-order valence-electron chi connectivity index (χ0n) is 12.1. The molecule has 0 aliphatic heterocycles. The van der Waals surface area contributed by atoms with Crippen molar-refractivity contribution in [2.45, 2.75) is 33.1 Å². The normalized spacial score (nSPS) is 10.3. The molecule has 0 atom stereocenters. The molecule has 0 radical (unpaired) electrons. The molecule has 1 aromatic heterocycles. The van der Waals surface area contributed by atoms with Crippen LogP contribution in [0.1, 0.15) is 41.4 Å². The van der Waals surface area contributed by atoms with Crippen LogP contribution in [0.15, 0.2) is 6.07 Å². The zero-order chi connectivity index (χ0) is 15.1. The second kappa shape index (κ2) is 7.89. The number of carbonyl (C=O) groups is 2. The summed E-state index contributed by atoms with van der Waals surface area (Å²) in [4.78, 5) is 25.6. The molecule has 1 aromatic rings. The molecular formula is C14H21NO4S. The molecule has 0 spiro atoms. The molecule has 5 nitrogen and oxygen atoms in total. The highest BCUT2D eigenvalue weighted by Crippen LogP contribution is 2.32. The Morgan fingerprint density at radius 3 is 2.65 bits per heavy atom. The molecule has 1 heterocycles. The van der Waals surface area contributed by atoms with Crippen LogP contribution in [-0.2, 0) is 9.53 Å². The number of ether oxygens (including phenoxy) is 1. The zero-order valence-corrected chi connectivity index (χ0v) is 13.0. The molecule has 0 aromatic carbocycles. The first-order valence-corrected chi connectivity index (χ1v) is 7.46. The standard InChI is InChI=1S/C14H21NO4S/c1-4-5-7-15(8-6-12(16)17)13-11(14(18)19-3)9-10(2)20-13/h9H,4-8H2,1-3H3,(H,16,17). The highest BCUT2D eigenvalue weighted by Gasteiger charge is 2.20. The minimum absolute atomic E-state index is 0.0568. The number of anilines is 1. The molecule has 1 N–H and O–H groups in total. The van der Waals surface area contributed by atoms with Crippen LogP contribution in [0.4, 0.5) is 5.00 Å². The van der Waals surface area contributed by atoms with E-state index in [2.05, 4.69) is 6.92 Å². The van der Waals surface area contributed by atoms with Gasteiger partial charge in [0.1, 0.15) is 5.00 Å². The Hall–Kier alpha value is -1.56. The van der Waals surface area contributed by atoms with E-state index in [9.17, 15) is 9.59 Å². The molecule has 0 fully saturated rings. The minimum atomic E-state index is -0.834. The Kier molecular flexibility index (Phi) is 6.51. The van der Waals surface area contributed by atoms with Crippen LogP contribution in [0, 0.1) is 6.92 Å². The van der Waals surface area contributed by atoms with Gasteiger partial charge in [0.15, 0.2) is 0 Å². The molecule has 112 valence electrons. The van der Waals surface area contributed by atoms with Crippen molar-refractivity contribution in [3.05, 3.63) is 16.5 Å². The largest absolute Gasteiger partial charge is 0.481 e. The molecule has 0 unspecified atom stereocenters. The van der Waals surface area contributed by atoms with E-state index in [4.69, 9.17) is 9.84 Å². The highest BCUT2D eigenvalue weighted by atomic mass is 32.1. The van der Waals surface area contributed by atoms with Gasteiger partial charge in [-0.25, -0.2) is 4.79 Å². The van der Waals surface area contributed by atoms with Crippen LogP contribution >= 0.6 is 11.3 Å². The van der Waals surface area contributed by atoms with Gasteiger partial charge in [0.2, 0.25) is 0 Å². The van der Waals surface area contributed by atoms with Gasteiger partial charge in [-0.15, -0.1) is 11.3 Å². The predicted molar refractivity (Wildman–Crippen MR) is 79.8 cm³/mol. The van der Waals surface area contributed by atoms with Crippen LogP contribution in [0.25, 0.3) is 0 Å². The van der Waals surface area contributed by atoms with Gasteiger partial charge in [0.25, 0.3) is 0 Å². The van der Waals surface area contributed by atoms with Crippen LogP contribution in [0.5, 0.6) is 0 Å². The Bertz CT molecular complexity index is 470. The molecule has 6 heteroatoms. The number of nitrogens with zero attached hydrogens (tertiary/aromatic N) is 1. The maximum atomic E-state index is 11.8. The Labute approximate surface area is 123 Å². The van der Waals surface area contributed by atoms with Crippen molar-refractivity contribution >= 4 is 28.3 Å². The van der Waals surface area contributed by atoms with Gasteiger partial charge in [-0.05, 0) is 19.4 Å².